The molecule has 2 atom stereocenters. The molecule has 3 heterocycles. The highest BCUT2D eigenvalue weighted by molar-refractivity contribution is 5.74. The van der Waals surface area contributed by atoms with Gasteiger partial charge in [0.2, 0.25) is 0 Å². The van der Waals surface area contributed by atoms with Crippen LogP contribution in [0.1, 0.15) is 37.3 Å². The third-order valence-electron chi connectivity index (χ3n) is 4.28. The van der Waals surface area contributed by atoms with E-state index in [2.05, 4.69) is 15.5 Å². The number of likely N-dealkylation sites (tertiary alicyclic amines) is 1. The topological polar surface area (TPSA) is 76.2 Å². The van der Waals surface area contributed by atoms with E-state index in [1.54, 1.807) is 12.6 Å². The van der Waals surface area contributed by atoms with Crippen LogP contribution in [0, 0.1) is 0 Å². The maximum Gasteiger partial charge on any atom is 0.317 e. The summed E-state index contributed by atoms with van der Waals surface area (Å²) in [6.07, 6.45) is 6.08. The molecule has 0 spiro atoms. The van der Waals surface area contributed by atoms with Crippen molar-refractivity contribution in [1.29, 1.82) is 0 Å². The van der Waals surface area contributed by atoms with E-state index in [0.717, 1.165) is 31.0 Å². The van der Waals surface area contributed by atoms with E-state index >= 15 is 0 Å². The number of carbonyl (C=O) groups excluding carboxylic acids is 1. The number of piperidine rings is 1. The minimum Gasteiger partial charge on any atom is -0.469 e. The van der Waals surface area contributed by atoms with Gasteiger partial charge in [-0.2, -0.15) is 0 Å². The number of hydrogen-bond acceptors (Lipinski definition) is 4. The normalized spacial score (nSPS) is 19.6. The third-order valence-corrected chi connectivity index (χ3v) is 4.28. The molecule has 1 aliphatic rings. The molecule has 1 fully saturated rings. The summed E-state index contributed by atoms with van der Waals surface area (Å²) in [6.45, 7) is 3.46. The minimum absolute atomic E-state index is 0.0177. The van der Waals surface area contributed by atoms with Gasteiger partial charge in [0.05, 0.1) is 6.26 Å². The second-order valence-electron chi connectivity index (χ2n) is 6.22. The van der Waals surface area contributed by atoms with Crippen molar-refractivity contribution < 1.29 is 9.21 Å². The molecule has 7 nitrogen and oxygen atoms in total. The lowest BCUT2D eigenvalue weighted by molar-refractivity contribution is 0.174. The first-order valence-corrected chi connectivity index (χ1v) is 8.05. The molecule has 7 heteroatoms. The van der Waals surface area contributed by atoms with Crippen LogP contribution >= 0.6 is 0 Å². The minimum atomic E-state index is -0.0177. The molecule has 1 N–H and O–H groups in total. The quantitative estimate of drug-likeness (QED) is 0.935. The van der Waals surface area contributed by atoms with Crippen LogP contribution in [-0.2, 0) is 13.5 Å². The average molecular weight is 317 g/mol. The highest BCUT2D eigenvalue weighted by Crippen LogP contribution is 2.25. The monoisotopic (exact) mass is 317 g/mol. The second kappa shape index (κ2) is 6.85. The maximum absolute atomic E-state index is 12.5. The molecule has 0 radical (unpaired) electrons. The van der Waals surface area contributed by atoms with E-state index < -0.39 is 0 Å². The van der Waals surface area contributed by atoms with Gasteiger partial charge in [-0.1, -0.05) is 0 Å². The summed E-state index contributed by atoms with van der Waals surface area (Å²) in [6, 6.07) is 3.80. The fourth-order valence-corrected chi connectivity index (χ4v) is 3.12. The smallest absolute Gasteiger partial charge is 0.317 e. The molecule has 2 aromatic rings. The molecule has 1 saturated heterocycles. The van der Waals surface area contributed by atoms with Crippen molar-refractivity contribution in [3.05, 3.63) is 36.3 Å². The lowest BCUT2D eigenvalue weighted by Crippen LogP contribution is -2.48. The van der Waals surface area contributed by atoms with Crippen LogP contribution in [0.15, 0.2) is 29.1 Å². The molecular weight excluding hydrogens is 294 g/mol. The van der Waals surface area contributed by atoms with Gasteiger partial charge >= 0.3 is 6.03 Å². The number of nitrogens with one attached hydrogen (secondary N) is 1. The Balaban J connectivity index is 1.55. The summed E-state index contributed by atoms with van der Waals surface area (Å²) < 4.78 is 7.26. The first-order chi connectivity index (χ1) is 11.1. The van der Waals surface area contributed by atoms with E-state index in [-0.39, 0.29) is 18.0 Å². The van der Waals surface area contributed by atoms with Crippen molar-refractivity contribution >= 4 is 6.03 Å². The molecule has 1 aliphatic heterocycles. The predicted octanol–water partition coefficient (Wildman–Crippen LogP) is 1.93. The van der Waals surface area contributed by atoms with E-state index in [0.29, 0.717) is 13.0 Å². The van der Waals surface area contributed by atoms with Gasteiger partial charge < -0.3 is 19.2 Å². The molecule has 2 aromatic heterocycles. The molecule has 0 bridgehead atoms. The Morgan fingerprint density at radius 3 is 3.13 bits per heavy atom. The maximum atomic E-state index is 12.5. The highest BCUT2D eigenvalue weighted by atomic mass is 16.3. The lowest BCUT2D eigenvalue weighted by Gasteiger charge is -2.33. The third kappa shape index (κ3) is 3.72. The van der Waals surface area contributed by atoms with E-state index in [1.807, 2.05) is 35.6 Å². The average Bonchev–Trinajstić information content (AvgIpc) is 3.19. The van der Waals surface area contributed by atoms with Crippen LogP contribution in [0.25, 0.3) is 0 Å². The summed E-state index contributed by atoms with van der Waals surface area (Å²) in [5.41, 5.74) is 0. The molecular formula is C16H23N5O2. The van der Waals surface area contributed by atoms with Crippen molar-refractivity contribution in [1.82, 2.24) is 25.0 Å². The lowest BCUT2D eigenvalue weighted by atomic mass is 9.97. The summed E-state index contributed by atoms with van der Waals surface area (Å²) in [5, 5.41) is 11.2. The van der Waals surface area contributed by atoms with Crippen molar-refractivity contribution in [3.63, 3.8) is 0 Å². The van der Waals surface area contributed by atoms with Gasteiger partial charge in [0.25, 0.3) is 0 Å². The largest absolute Gasteiger partial charge is 0.469 e. The number of rotatable bonds is 4. The first-order valence-electron chi connectivity index (χ1n) is 8.05. The van der Waals surface area contributed by atoms with Gasteiger partial charge in [0, 0.05) is 38.5 Å². The zero-order chi connectivity index (χ0) is 16.2. The second-order valence-corrected chi connectivity index (χ2v) is 6.22. The van der Waals surface area contributed by atoms with E-state index in [1.165, 1.54) is 0 Å². The van der Waals surface area contributed by atoms with Gasteiger partial charge in [-0.15, -0.1) is 10.2 Å². The molecule has 2 amide bonds. The molecule has 23 heavy (non-hydrogen) atoms. The summed E-state index contributed by atoms with van der Waals surface area (Å²) in [5.74, 6) is 2.09. The number of hydrogen-bond donors (Lipinski definition) is 1. The van der Waals surface area contributed by atoms with Crippen molar-refractivity contribution in [3.8, 4) is 0 Å². The van der Waals surface area contributed by atoms with Crippen molar-refractivity contribution in [2.45, 2.75) is 38.1 Å². The van der Waals surface area contributed by atoms with E-state index in [4.69, 9.17) is 4.42 Å². The number of aryl methyl sites for hydroxylation is 1. The summed E-state index contributed by atoms with van der Waals surface area (Å²) in [4.78, 5) is 14.4. The van der Waals surface area contributed by atoms with Gasteiger partial charge in [-0.25, -0.2) is 4.79 Å². The summed E-state index contributed by atoms with van der Waals surface area (Å²) in [7, 11) is 1.94. The molecule has 3 rings (SSSR count). The Morgan fingerprint density at radius 2 is 2.43 bits per heavy atom. The Morgan fingerprint density at radius 1 is 1.57 bits per heavy atom. The Kier molecular flexibility index (Phi) is 4.64. The highest BCUT2D eigenvalue weighted by Gasteiger charge is 2.28. The number of nitrogens with zero attached hydrogens (tertiary/aromatic N) is 4. The zero-order valence-electron chi connectivity index (χ0n) is 13.6. The van der Waals surface area contributed by atoms with Crippen LogP contribution in [0.4, 0.5) is 4.79 Å². The number of furan rings is 1. The molecule has 2 unspecified atom stereocenters. The van der Waals surface area contributed by atoms with Gasteiger partial charge in [-0.05, 0) is 31.9 Å². The number of amides is 2. The van der Waals surface area contributed by atoms with Crippen LogP contribution in [-0.4, -0.2) is 44.8 Å². The standard InChI is InChI=1S/C16H23N5O2/c1-12(9-14-6-4-8-23-14)18-16(22)21-7-3-5-13(10-21)15-19-17-11-20(15)2/h4,6,8,11-13H,3,5,7,9-10H2,1-2H3,(H,18,22). The first kappa shape index (κ1) is 15.6. The molecule has 0 aliphatic carbocycles. The molecule has 0 aromatic carbocycles. The van der Waals surface area contributed by atoms with Gasteiger partial charge in [0.1, 0.15) is 17.9 Å². The fraction of sp³-hybridized carbons (Fsp3) is 0.562. The van der Waals surface area contributed by atoms with Crippen LogP contribution in [0.2, 0.25) is 0 Å². The number of aromatic nitrogens is 3. The SMILES string of the molecule is CC(Cc1ccco1)NC(=O)N1CCCC(c2nncn2C)C1. The molecule has 0 saturated carbocycles. The van der Waals surface area contributed by atoms with Crippen LogP contribution in [0.5, 0.6) is 0 Å². The zero-order valence-corrected chi connectivity index (χ0v) is 13.6. The Hall–Kier alpha value is -2.31. The Bertz CT molecular complexity index is 637. The van der Waals surface area contributed by atoms with Crippen LogP contribution in [0.3, 0.4) is 0 Å². The predicted molar refractivity (Wildman–Crippen MR) is 85.0 cm³/mol. The Labute approximate surface area is 135 Å². The van der Waals surface area contributed by atoms with Gasteiger partial charge in [-0.3, -0.25) is 0 Å². The van der Waals surface area contributed by atoms with E-state index in [9.17, 15) is 4.79 Å². The van der Waals surface area contributed by atoms with Crippen LogP contribution < -0.4 is 5.32 Å². The number of urea groups is 1. The number of carbonyl (C=O) groups is 1. The fourth-order valence-electron chi connectivity index (χ4n) is 3.12. The van der Waals surface area contributed by atoms with Crippen molar-refractivity contribution in [2.24, 2.45) is 7.05 Å². The summed E-state index contributed by atoms with van der Waals surface area (Å²) >= 11 is 0. The molecule has 124 valence electrons. The van der Waals surface area contributed by atoms with Crippen molar-refractivity contribution in [2.75, 3.05) is 13.1 Å². The van der Waals surface area contributed by atoms with Gasteiger partial charge in [0.15, 0.2) is 0 Å².